The van der Waals surface area contributed by atoms with E-state index in [1.165, 1.54) is 12.1 Å². The summed E-state index contributed by atoms with van der Waals surface area (Å²) in [5.74, 6) is 0.617. The van der Waals surface area contributed by atoms with Crippen molar-refractivity contribution < 1.29 is 8.42 Å². The highest BCUT2D eigenvalue weighted by atomic mass is 35.5. The number of hydrogen-bond donors (Lipinski definition) is 3. The van der Waals surface area contributed by atoms with E-state index < -0.39 is 10.0 Å². The van der Waals surface area contributed by atoms with E-state index in [0.717, 1.165) is 25.8 Å². The lowest BCUT2D eigenvalue weighted by Crippen LogP contribution is -2.45. The Morgan fingerprint density at radius 2 is 1.95 bits per heavy atom. The largest absolute Gasteiger partial charge is 0.257 e. The van der Waals surface area contributed by atoms with Gasteiger partial charge in [-0.1, -0.05) is 11.6 Å². The predicted molar refractivity (Wildman–Crippen MR) is 77.8 cm³/mol. The second-order valence-electron chi connectivity index (χ2n) is 5.48. The molecule has 1 saturated heterocycles. The number of fused-ring (bicyclic) bond motifs is 1. The van der Waals surface area contributed by atoms with Crippen molar-refractivity contribution in [1.29, 1.82) is 0 Å². The minimum Gasteiger partial charge on any atom is -0.257 e. The first-order valence-electron chi connectivity index (χ1n) is 6.81. The van der Waals surface area contributed by atoms with Crippen LogP contribution in [-0.2, 0) is 10.0 Å². The third-order valence-corrected chi connectivity index (χ3v) is 5.88. The van der Waals surface area contributed by atoms with Crippen molar-refractivity contribution in [3.8, 4) is 0 Å². The fourth-order valence-electron chi connectivity index (χ4n) is 2.98. The fraction of sp³-hybridized carbons (Fsp3) is 0.538. The summed E-state index contributed by atoms with van der Waals surface area (Å²) in [5, 5.41) is 0.533. The molecule has 0 aromatic heterocycles. The summed E-state index contributed by atoms with van der Waals surface area (Å²) in [6.45, 7) is 0.974. The highest BCUT2D eigenvalue weighted by molar-refractivity contribution is 7.89. The van der Waals surface area contributed by atoms with Gasteiger partial charge >= 0.3 is 0 Å². The van der Waals surface area contributed by atoms with E-state index in [2.05, 4.69) is 15.6 Å². The number of sulfonamides is 1. The zero-order valence-corrected chi connectivity index (χ0v) is 12.5. The summed E-state index contributed by atoms with van der Waals surface area (Å²) in [4.78, 5) is 0.265. The topological polar surface area (TPSA) is 70.2 Å². The van der Waals surface area contributed by atoms with Gasteiger partial charge in [-0.2, -0.15) is 0 Å². The molecule has 3 unspecified atom stereocenters. The van der Waals surface area contributed by atoms with Gasteiger partial charge in [0.15, 0.2) is 0 Å². The van der Waals surface area contributed by atoms with Crippen LogP contribution in [-0.4, -0.2) is 27.0 Å². The van der Waals surface area contributed by atoms with Crippen LogP contribution in [0.2, 0.25) is 5.02 Å². The van der Waals surface area contributed by atoms with Gasteiger partial charge in [0.05, 0.1) is 4.90 Å². The summed E-state index contributed by atoms with van der Waals surface area (Å²) in [6, 6.07) is 6.61. The van der Waals surface area contributed by atoms with Crippen molar-refractivity contribution in [3.63, 3.8) is 0 Å². The van der Waals surface area contributed by atoms with Gasteiger partial charge in [0.25, 0.3) is 0 Å². The minimum absolute atomic E-state index is 0.00988. The van der Waals surface area contributed by atoms with Gasteiger partial charge < -0.3 is 0 Å². The molecule has 1 aliphatic heterocycles. The number of hydrazine groups is 1. The lowest BCUT2D eigenvalue weighted by Gasteiger charge is -2.31. The summed E-state index contributed by atoms with van der Waals surface area (Å²) >= 11 is 5.78. The lowest BCUT2D eigenvalue weighted by molar-refractivity contribution is 0.291. The van der Waals surface area contributed by atoms with Crippen molar-refractivity contribution in [3.05, 3.63) is 29.3 Å². The van der Waals surface area contributed by atoms with Crippen LogP contribution in [0.4, 0.5) is 0 Å². The monoisotopic (exact) mass is 315 g/mol. The van der Waals surface area contributed by atoms with E-state index >= 15 is 0 Å². The Labute approximate surface area is 124 Å². The molecule has 20 heavy (non-hydrogen) atoms. The first kappa shape index (κ1) is 14.3. The lowest BCUT2D eigenvalue weighted by atomic mass is 9.83. The molecular weight excluding hydrogens is 298 g/mol. The number of halogens is 1. The normalized spacial score (nSPS) is 30.1. The highest BCUT2D eigenvalue weighted by Gasteiger charge is 2.35. The zero-order valence-electron chi connectivity index (χ0n) is 11.0. The molecule has 1 aromatic carbocycles. The molecule has 1 heterocycles. The zero-order chi connectivity index (χ0) is 14.2. The van der Waals surface area contributed by atoms with Crippen LogP contribution in [0.1, 0.15) is 19.3 Å². The van der Waals surface area contributed by atoms with Crippen LogP contribution < -0.4 is 15.6 Å². The van der Waals surface area contributed by atoms with E-state index in [-0.39, 0.29) is 10.9 Å². The van der Waals surface area contributed by atoms with Crippen LogP contribution in [0.15, 0.2) is 29.2 Å². The molecule has 1 saturated carbocycles. The number of nitrogens with one attached hydrogen (secondary N) is 3. The summed E-state index contributed by atoms with van der Waals surface area (Å²) < 4.78 is 27.4. The molecule has 3 atom stereocenters. The molecule has 0 amide bonds. The Morgan fingerprint density at radius 1 is 1.20 bits per heavy atom. The molecule has 0 radical (unpaired) electrons. The van der Waals surface area contributed by atoms with Crippen molar-refractivity contribution in [1.82, 2.24) is 15.6 Å². The van der Waals surface area contributed by atoms with E-state index in [9.17, 15) is 8.42 Å². The first-order chi connectivity index (χ1) is 9.54. The van der Waals surface area contributed by atoms with Gasteiger partial charge in [-0.25, -0.2) is 13.1 Å². The van der Waals surface area contributed by atoms with E-state index in [1.54, 1.807) is 12.1 Å². The summed E-state index contributed by atoms with van der Waals surface area (Å²) in [7, 11) is -3.46. The van der Waals surface area contributed by atoms with Crippen LogP contribution >= 0.6 is 11.6 Å². The number of hydrogen-bond acceptors (Lipinski definition) is 4. The van der Waals surface area contributed by atoms with Crippen LogP contribution in [0, 0.1) is 5.92 Å². The molecule has 7 heteroatoms. The average molecular weight is 316 g/mol. The molecule has 110 valence electrons. The maximum atomic E-state index is 12.3. The van der Waals surface area contributed by atoms with Gasteiger partial charge in [0, 0.05) is 23.7 Å². The summed E-state index contributed by atoms with van der Waals surface area (Å²) in [5.41, 5.74) is 6.36. The van der Waals surface area contributed by atoms with Crippen molar-refractivity contribution in [2.24, 2.45) is 5.92 Å². The van der Waals surface area contributed by atoms with Crippen LogP contribution in [0.3, 0.4) is 0 Å². The second kappa shape index (κ2) is 5.61. The Balaban J connectivity index is 1.69. The predicted octanol–water partition coefficient (Wildman–Crippen LogP) is 1.26. The van der Waals surface area contributed by atoms with Gasteiger partial charge in [-0.05, 0) is 49.4 Å². The van der Waals surface area contributed by atoms with E-state index in [1.807, 2.05) is 0 Å². The summed E-state index contributed by atoms with van der Waals surface area (Å²) in [6.07, 6.45) is 2.75. The quantitative estimate of drug-likeness (QED) is 0.785. The van der Waals surface area contributed by atoms with Crippen molar-refractivity contribution in [2.75, 3.05) is 6.54 Å². The Hall–Kier alpha value is -0.660. The van der Waals surface area contributed by atoms with Crippen molar-refractivity contribution in [2.45, 2.75) is 36.2 Å². The number of rotatable bonds is 3. The average Bonchev–Trinajstić information content (AvgIpc) is 2.86. The van der Waals surface area contributed by atoms with Crippen molar-refractivity contribution >= 4 is 21.6 Å². The van der Waals surface area contributed by atoms with Crippen LogP contribution in [0.25, 0.3) is 0 Å². The Kier molecular flexibility index (Phi) is 4.01. The molecule has 2 aliphatic rings. The van der Waals surface area contributed by atoms with Gasteiger partial charge in [-0.3, -0.25) is 10.9 Å². The molecular formula is C13H18ClN3O2S. The first-order valence-corrected chi connectivity index (χ1v) is 8.67. The second-order valence-corrected chi connectivity index (χ2v) is 7.63. The smallest absolute Gasteiger partial charge is 0.240 e. The molecule has 1 aromatic rings. The number of benzene rings is 1. The third kappa shape index (κ3) is 2.99. The maximum Gasteiger partial charge on any atom is 0.240 e. The molecule has 1 aliphatic carbocycles. The molecule has 0 bridgehead atoms. The minimum atomic E-state index is -3.46. The molecule has 2 fully saturated rings. The van der Waals surface area contributed by atoms with Gasteiger partial charge in [0.2, 0.25) is 10.0 Å². The Bertz CT molecular complexity index is 576. The highest BCUT2D eigenvalue weighted by Crippen LogP contribution is 2.27. The molecule has 0 spiro atoms. The molecule has 5 nitrogen and oxygen atoms in total. The van der Waals surface area contributed by atoms with E-state index in [0.29, 0.717) is 17.0 Å². The third-order valence-electron chi connectivity index (χ3n) is 4.09. The standard InChI is InChI=1S/C13H18ClN3O2S/c14-10-2-5-12(6-3-10)20(18,19)17-11-4-1-9-8-15-16-13(9)7-11/h2-3,5-6,9,11,13,15-17H,1,4,7-8H2. The van der Waals surface area contributed by atoms with E-state index in [4.69, 9.17) is 11.6 Å². The SMILES string of the molecule is O=S(=O)(NC1CCC2CNNC2C1)c1ccc(Cl)cc1. The Morgan fingerprint density at radius 3 is 2.70 bits per heavy atom. The fourth-order valence-corrected chi connectivity index (χ4v) is 4.39. The molecule has 3 N–H and O–H groups in total. The maximum absolute atomic E-state index is 12.3. The van der Waals surface area contributed by atoms with Gasteiger partial charge in [0.1, 0.15) is 0 Å². The van der Waals surface area contributed by atoms with Gasteiger partial charge in [-0.15, -0.1) is 0 Å². The molecule has 3 rings (SSSR count). The van der Waals surface area contributed by atoms with Crippen LogP contribution in [0.5, 0.6) is 0 Å².